The molecule has 0 bridgehead atoms. The van der Waals surface area contributed by atoms with Gasteiger partial charge >= 0.3 is 0 Å². The first-order valence-electron chi connectivity index (χ1n) is 6.87. The van der Waals surface area contributed by atoms with Crippen LogP contribution in [0.15, 0.2) is 28.9 Å². The lowest BCUT2D eigenvalue weighted by Crippen LogP contribution is -2.24. The van der Waals surface area contributed by atoms with E-state index in [4.69, 9.17) is 4.52 Å². The average Bonchev–Trinajstić information content (AvgIpc) is 3.08. The summed E-state index contributed by atoms with van der Waals surface area (Å²) >= 11 is 0. The van der Waals surface area contributed by atoms with Crippen LogP contribution in [0.2, 0.25) is 0 Å². The molecule has 0 aromatic carbocycles. The van der Waals surface area contributed by atoms with Gasteiger partial charge in [0.05, 0.1) is 6.04 Å². The Hall–Kier alpha value is -1.75. The molecule has 1 aliphatic rings. The van der Waals surface area contributed by atoms with E-state index in [-0.39, 0.29) is 6.04 Å². The summed E-state index contributed by atoms with van der Waals surface area (Å²) in [5.41, 5.74) is 0.762. The summed E-state index contributed by atoms with van der Waals surface area (Å²) in [6.45, 7) is 4.41. The zero-order valence-corrected chi connectivity index (χ0v) is 11.1. The van der Waals surface area contributed by atoms with Gasteiger partial charge in [-0.25, -0.2) is 0 Å². The third-order valence-electron chi connectivity index (χ3n) is 3.50. The molecule has 19 heavy (non-hydrogen) atoms. The fraction of sp³-hybridized carbons (Fsp3) is 0.500. The molecule has 5 nitrogen and oxygen atoms in total. The Kier molecular flexibility index (Phi) is 3.55. The van der Waals surface area contributed by atoms with Crippen LogP contribution < -0.4 is 0 Å². The third kappa shape index (κ3) is 2.51. The summed E-state index contributed by atoms with van der Waals surface area (Å²) < 4.78 is 5.44. The van der Waals surface area contributed by atoms with Gasteiger partial charge in [-0.15, -0.1) is 0 Å². The van der Waals surface area contributed by atoms with Crippen molar-refractivity contribution in [3.05, 3.63) is 30.3 Å². The predicted molar refractivity (Wildman–Crippen MR) is 71.4 cm³/mol. The van der Waals surface area contributed by atoms with E-state index < -0.39 is 0 Å². The van der Waals surface area contributed by atoms with Gasteiger partial charge in [-0.05, 0) is 44.5 Å². The highest BCUT2D eigenvalue weighted by molar-refractivity contribution is 5.47. The molecule has 1 unspecified atom stereocenters. The monoisotopic (exact) mass is 258 g/mol. The molecule has 1 aliphatic heterocycles. The Morgan fingerprint density at radius 1 is 1.42 bits per heavy atom. The summed E-state index contributed by atoms with van der Waals surface area (Å²) in [6, 6.07) is 5.99. The highest BCUT2D eigenvalue weighted by Crippen LogP contribution is 2.31. The quantitative estimate of drug-likeness (QED) is 0.844. The number of rotatable bonds is 4. The Balaban J connectivity index is 1.81. The molecule has 2 aromatic rings. The van der Waals surface area contributed by atoms with Crippen molar-refractivity contribution in [3.63, 3.8) is 0 Å². The second-order valence-corrected chi connectivity index (χ2v) is 4.87. The van der Waals surface area contributed by atoms with Crippen molar-refractivity contribution < 1.29 is 4.52 Å². The minimum absolute atomic E-state index is 0.282. The first-order chi connectivity index (χ1) is 9.38. The van der Waals surface area contributed by atoms with E-state index >= 15 is 0 Å². The van der Waals surface area contributed by atoms with E-state index in [1.165, 1.54) is 6.42 Å². The Morgan fingerprint density at radius 3 is 3.16 bits per heavy atom. The lowest BCUT2D eigenvalue weighted by Gasteiger charge is -2.20. The third-order valence-corrected chi connectivity index (χ3v) is 3.50. The molecule has 0 spiro atoms. The van der Waals surface area contributed by atoms with E-state index in [2.05, 4.69) is 26.9 Å². The molecular formula is C14H18N4O. The van der Waals surface area contributed by atoms with Crippen molar-refractivity contribution in [3.8, 4) is 11.5 Å². The molecule has 1 atom stereocenters. The molecule has 0 radical (unpaired) electrons. The SMILES string of the molecule is CCCN1CCCC1c1nc(-c2ccccn2)no1. The van der Waals surface area contributed by atoms with Crippen molar-refractivity contribution in [2.45, 2.75) is 32.2 Å². The minimum atomic E-state index is 0.282. The van der Waals surface area contributed by atoms with Crippen LogP contribution in [0.4, 0.5) is 0 Å². The van der Waals surface area contributed by atoms with Gasteiger partial charge in [0.1, 0.15) is 5.69 Å². The first-order valence-corrected chi connectivity index (χ1v) is 6.87. The van der Waals surface area contributed by atoms with Crippen LogP contribution in [0.5, 0.6) is 0 Å². The van der Waals surface area contributed by atoms with E-state index in [0.29, 0.717) is 5.82 Å². The summed E-state index contributed by atoms with van der Waals surface area (Å²) in [6.07, 6.45) is 5.19. The topological polar surface area (TPSA) is 55.1 Å². The molecule has 1 saturated heterocycles. The first kappa shape index (κ1) is 12.3. The minimum Gasteiger partial charge on any atom is -0.337 e. The molecule has 0 N–H and O–H groups in total. The van der Waals surface area contributed by atoms with E-state index in [1.54, 1.807) is 6.20 Å². The van der Waals surface area contributed by atoms with Gasteiger partial charge in [0, 0.05) is 6.20 Å². The van der Waals surface area contributed by atoms with Crippen LogP contribution in [0.3, 0.4) is 0 Å². The summed E-state index contributed by atoms with van der Waals surface area (Å²) in [4.78, 5) is 11.2. The summed E-state index contributed by atoms with van der Waals surface area (Å²) in [5.74, 6) is 1.31. The van der Waals surface area contributed by atoms with E-state index in [0.717, 1.165) is 37.5 Å². The van der Waals surface area contributed by atoms with Crippen LogP contribution in [0.1, 0.15) is 38.1 Å². The second kappa shape index (κ2) is 5.48. The lowest BCUT2D eigenvalue weighted by atomic mass is 10.2. The molecule has 3 rings (SSSR count). The molecule has 0 aliphatic carbocycles. The predicted octanol–water partition coefficient (Wildman–Crippen LogP) is 2.68. The van der Waals surface area contributed by atoms with Crippen molar-refractivity contribution in [1.29, 1.82) is 0 Å². The van der Waals surface area contributed by atoms with Crippen LogP contribution >= 0.6 is 0 Å². The standard InChI is InChI=1S/C14H18N4O/c1-2-9-18-10-5-7-12(18)14-16-13(17-19-14)11-6-3-4-8-15-11/h3-4,6,8,12H,2,5,7,9-10H2,1H3. The maximum atomic E-state index is 5.44. The number of nitrogens with zero attached hydrogens (tertiary/aromatic N) is 4. The molecule has 2 aromatic heterocycles. The molecule has 1 fully saturated rings. The number of likely N-dealkylation sites (tertiary alicyclic amines) is 1. The van der Waals surface area contributed by atoms with Gasteiger partial charge in [0.2, 0.25) is 11.7 Å². The van der Waals surface area contributed by atoms with Gasteiger partial charge in [-0.1, -0.05) is 18.1 Å². The Labute approximate surface area is 112 Å². The van der Waals surface area contributed by atoms with Gasteiger partial charge in [0.25, 0.3) is 0 Å². The molecule has 5 heteroatoms. The van der Waals surface area contributed by atoms with Crippen molar-refractivity contribution in [1.82, 2.24) is 20.0 Å². The summed E-state index contributed by atoms with van der Waals surface area (Å²) in [7, 11) is 0. The summed E-state index contributed by atoms with van der Waals surface area (Å²) in [5, 5.41) is 4.05. The highest BCUT2D eigenvalue weighted by Gasteiger charge is 2.30. The van der Waals surface area contributed by atoms with Crippen LogP contribution in [-0.4, -0.2) is 33.1 Å². The second-order valence-electron chi connectivity index (χ2n) is 4.87. The molecule has 100 valence electrons. The molecule has 0 saturated carbocycles. The fourth-order valence-corrected chi connectivity index (χ4v) is 2.63. The number of pyridine rings is 1. The fourth-order valence-electron chi connectivity index (χ4n) is 2.63. The lowest BCUT2D eigenvalue weighted by molar-refractivity contribution is 0.208. The maximum Gasteiger partial charge on any atom is 0.244 e. The van der Waals surface area contributed by atoms with Crippen LogP contribution in [0.25, 0.3) is 11.5 Å². The number of hydrogen-bond acceptors (Lipinski definition) is 5. The maximum absolute atomic E-state index is 5.44. The largest absolute Gasteiger partial charge is 0.337 e. The smallest absolute Gasteiger partial charge is 0.244 e. The van der Waals surface area contributed by atoms with Gasteiger partial charge in [-0.3, -0.25) is 9.88 Å². The number of hydrogen-bond donors (Lipinski definition) is 0. The van der Waals surface area contributed by atoms with Crippen LogP contribution in [0, 0.1) is 0 Å². The zero-order chi connectivity index (χ0) is 13.1. The van der Waals surface area contributed by atoms with Crippen molar-refractivity contribution in [2.24, 2.45) is 0 Å². The van der Waals surface area contributed by atoms with Crippen molar-refractivity contribution in [2.75, 3.05) is 13.1 Å². The van der Waals surface area contributed by atoms with Gasteiger partial charge in [-0.2, -0.15) is 4.98 Å². The molecular weight excluding hydrogens is 240 g/mol. The van der Waals surface area contributed by atoms with Crippen LogP contribution in [-0.2, 0) is 0 Å². The van der Waals surface area contributed by atoms with Gasteiger partial charge in [0.15, 0.2) is 0 Å². The molecule has 3 heterocycles. The number of aromatic nitrogens is 3. The zero-order valence-electron chi connectivity index (χ0n) is 11.1. The van der Waals surface area contributed by atoms with Crippen molar-refractivity contribution >= 4 is 0 Å². The normalized spacial score (nSPS) is 19.9. The average molecular weight is 258 g/mol. The highest BCUT2D eigenvalue weighted by atomic mass is 16.5. The van der Waals surface area contributed by atoms with E-state index in [1.807, 2.05) is 18.2 Å². The van der Waals surface area contributed by atoms with E-state index in [9.17, 15) is 0 Å². The van der Waals surface area contributed by atoms with Gasteiger partial charge < -0.3 is 4.52 Å². The Bertz CT molecular complexity index is 525. The Morgan fingerprint density at radius 2 is 2.37 bits per heavy atom. The molecule has 0 amide bonds.